The highest BCUT2D eigenvalue weighted by atomic mass is 16.3. The van der Waals surface area contributed by atoms with Gasteiger partial charge >= 0.3 is 0 Å². The van der Waals surface area contributed by atoms with E-state index in [0.717, 1.165) is 38.5 Å². The molecule has 4 bridgehead atoms. The lowest BCUT2D eigenvalue weighted by atomic mass is 9.46. The van der Waals surface area contributed by atoms with E-state index in [9.17, 15) is 15.2 Å². The highest BCUT2D eigenvalue weighted by molar-refractivity contribution is 5.84. The second-order valence-electron chi connectivity index (χ2n) is 9.21. The molecule has 6 rings (SSSR count). The minimum absolute atomic E-state index is 0.0212. The second-order valence-corrected chi connectivity index (χ2v) is 9.21. The van der Waals surface area contributed by atoms with E-state index in [1.54, 1.807) is 4.90 Å². The van der Waals surface area contributed by atoms with Crippen molar-refractivity contribution in [3.63, 3.8) is 0 Å². The van der Waals surface area contributed by atoms with Crippen molar-refractivity contribution in [1.82, 2.24) is 4.90 Å². The number of amides is 1. The van der Waals surface area contributed by atoms with Gasteiger partial charge in [0.1, 0.15) is 6.04 Å². The van der Waals surface area contributed by atoms with Crippen molar-refractivity contribution < 1.29 is 9.90 Å². The van der Waals surface area contributed by atoms with E-state index in [4.69, 9.17) is 5.73 Å². The number of nitrogens with zero attached hydrogens (tertiary/aromatic N) is 2. The predicted molar refractivity (Wildman–Crippen MR) is 82.8 cm³/mol. The molecule has 1 aliphatic heterocycles. The predicted octanol–water partition coefficient (Wildman–Crippen LogP) is 1.16. The monoisotopic (exact) mass is 315 g/mol. The molecule has 0 aromatic carbocycles. The average Bonchev–Trinajstić information content (AvgIpc) is 3.14. The number of nitriles is 1. The Morgan fingerprint density at radius 2 is 1.91 bits per heavy atom. The lowest BCUT2D eigenvalue weighted by molar-refractivity contribution is -0.177. The Labute approximate surface area is 136 Å². The van der Waals surface area contributed by atoms with Gasteiger partial charge in [-0.25, -0.2) is 0 Å². The standard InChI is InChI=1S/C18H25N3O2/c19-8-13-2-12-3-14(12)21(13)16(22)15(20)17-4-10-1-11(5-17)7-18(23,6-10)9-17/h10-15,23H,1-7,9,20H2/t10?,11?,12?,13-,14?,15+,17?,18?/m0/s1. The van der Waals surface area contributed by atoms with Gasteiger partial charge in [0.15, 0.2) is 0 Å². The molecule has 1 saturated heterocycles. The smallest absolute Gasteiger partial charge is 0.241 e. The third-order valence-corrected chi connectivity index (χ3v) is 7.51. The molecule has 0 aromatic rings. The lowest BCUT2D eigenvalue weighted by Crippen LogP contribution is -2.64. The fourth-order valence-corrected chi connectivity index (χ4v) is 6.96. The number of aliphatic hydroxyl groups is 1. The van der Waals surface area contributed by atoms with E-state index in [0.29, 0.717) is 24.2 Å². The van der Waals surface area contributed by atoms with Gasteiger partial charge in [-0.3, -0.25) is 4.79 Å². The van der Waals surface area contributed by atoms with Gasteiger partial charge in [0.25, 0.3) is 0 Å². The summed E-state index contributed by atoms with van der Waals surface area (Å²) in [4.78, 5) is 14.9. The molecule has 1 heterocycles. The van der Waals surface area contributed by atoms with Crippen LogP contribution in [0.1, 0.15) is 51.4 Å². The Morgan fingerprint density at radius 3 is 2.52 bits per heavy atom. The summed E-state index contributed by atoms with van der Waals surface area (Å²) < 4.78 is 0. The van der Waals surface area contributed by atoms with Gasteiger partial charge < -0.3 is 15.7 Å². The molecule has 5 heteroatoms. The second kappa shape index (κ2) is 4.29. The van der Waals surface area contributed by atoms with Crippen molar-refractivity contribution in [2.24, 2.45) is 28.9 Å². The molecular formula is C18H25N3O2. The maximum absolute atomic E-state index is 13.1. The average molecular weight is 315 g/mol. The fraction of sp³-hybridized carbons (Fsp3) is 0.889. The zero-order chi connectivity index (χ0) is 16.0. The van der Waals surface area contributed by atoms with Gasteiger partial charge in [-0.1, -0.05) is 0 Å². The van der Waals surface area contributed by atoms with E-state index >= 15 is 0 Å². The Bertz CT molecular complexity index is 598. The maximum atomic E-state index is 13.1. The highest BCUT2D eigenvalue weighted by Crippen LogP contribution is 2.63. The van der Waals surface area contributed by atoms with Crippen LogP contribution in [0.5, 0.6) is 0 Å². The summed E-state index contributed by atoms with van der Waals surface area (Å²) in [6.45, 7) is 0. The largest absolute Gasteiger partial charge is 0.390 e. The van der Waals surface area contributed by atoms with Gasteiger partial charge in [-0.05, 0) is 74.5 Å². The Hall–Kier alpha value is -1.12. The minimum atomic E-state index is -0.594. The summed E-state index contributed by atoms with van der Waals surface area (Å²) in [5, 5.41) is 20.2. The summed E-state index contributed by atoms with van der Waals surface area (Å²) in [6.07, 6.45) is 7.48. The third kappa shape index (κ3) is 1.88. The van der Waals surface area contributed by atoms with Gasteiger partial charge in [-0.2, -0.15) is 5.26 Å². The highest BCUT2D eigenvalue weighted by Gasteiger charge is 2.62. The van der Waals surface area contributed by atoms with Crippen LogP contribution in [0.2, 0.25) is 0 Å². The first-order chi connectivity index (χ1) is 10.9. The number of likely N-dealkylation sites (tertiary alicyclic amines) is 1. The van der Waals surface area contributed by atoms with Gasteiger partial charge in [0.2, 0.25) is 5.91 Å². The van der Waals surface area contributed by atoms with Crippen LogP contribution in [0, 0.1) is 34.5 Å². The zero-order valence-corrected chi connectivity index (χ0v) is 13.4. The summed E-state index contributed by atoms with van der Waals surface area (Å²) in [6, 6.07) is 1.72. The van der Waals surface area contributed by atoms with Crippen LogP contribution in [0.3, 0.4) is 0 Å². The van der Waals surface area contributed by atoms with Gasteiger partial charge in [0, 0.05) is 6.04 Å². The number of carbonyl (C=O) groups is 1. The Kier molecular flexibility index (Phi) is 2.65. The molecule has 1 amide bonds. The molecular weight excluding hydrogens is 290 g/mol. The molecule has 6 atom stereocenters. The maximum Gasteiger partial charge on any atom is 0.241 e. The van der Waals surface area contributed by atoms with E-state index in [-0.39, 0.29) is 23.4 Å². The fourth-order valence-electron chi connectivity index (χ4n) is 6.96. The van der Waals surface area contributed by atoms with Crippen LogP contribution in [0.25, 0.3) is 0 Å². The van der Waals surface area contributed by atoms with E-state index in [1.165, 1.54) is 6.42 Å². The number of piperidine rings is 1. The Morgan fingerprint density at radius 1 is 1.22 bits per heavy atom. The van der Waals surface area contributed by atoms with Crippen molar-refractivity contribution in [2.45, 2.75) is 75.1 Å². The van der Waals surface area contributed by atoms with Crippen molar-refractivity contribution in [3.05, 3.63) is 0 Å². The van der Waals surface area contributed by atoms with Crippen LogP contribution in [0.4, 0.5) is 0 Å². The van der Waals surface area contributed by atoms with Crippen LogP contribution in [-0.2, 0) is 4.79 Å². The van der Waals surface area contributed by atoms with Crippen LogP contribution < -0.4 is 5.73 Å². The number of carbonyl (C=O) groups excluding carboxylic acids is 1. The van der Waals surface area contributed by atoms with Crippen molar-refractivity contribution in [2.75, 3.05) is 0 Å². The first kappa shape index (κ1) is 14.2. The molecule has 0 aromatic heterocycles. The molecule has 5 nitrogen and oxygen atoms in total. The molecule has 3 N–H and O–H groups in total. The third-order valence-electron chi connectivity index (χ3n) is 7.51. The number of hydrogen-bond donors (Lipinski definition) is 2. The van der Waals surface area contributed by atoms with Crippen molar-refractivity contribution >= 4 is 5.91 Å². The molecule has 0 spiro atoms. The van der Waals surface area contributed by atoms with Crippen molar-refractivity contribution in [3.8, 4) is 6.07 Å². The van der Waals surface area contributed by atoms with E-state index in [1.807, 2.05) is 0 Å². The zero-order valence-electron chi connectivity index (χ0n) is 13.4. The van der Waals surface area contributed by atoms with E-state index in [2.05, 4.69) is 6.07 Å². The van der Waals surface area contributed by atoms with Gasteiger partial charge in [0.05, 0.1) is 17.7 Å². The molecule has 23 heavy (non-hydrogen) atoms. The molecule has 5 saturated carbocycles. The summed E-state index contributed by atoms with van der Waals surface area (Å²) in [5.74, 6) is 1.56. The summed E-state index contributed by atoms with van der Waals surface area (Å²) in [5.41, 5.74) is 5.71. The molecule has 6 fully saturated rings. The SMILES string of the molecule is N#C[C@@H]1CC2CC2N1C(=O)[C@@H](N)C12CC3CC(CC(O)(C3)C1)C2. The quantitative estimate of drug-likeness (QED) is 0.800. The number of nitrogens with two attached hydrogens (primary N) is 1. The molecule has 0 radical (unpaired) electrons. The van der Waals surface area contributed by atoms with E-state index < -0.39 is 11.6 Å². The van der Waals surface area contributed by atoms with Crippen molar-refractivity contribution in [1.29, 1.82) is 5.26 Å². The number of rotatable bonds is 2. The summed E-state index contributed by atoms with van der Waals surface area (Å²) in [7, 11) is 0. The summed E-state index contributed by atoms with van der Waals surface area (Å²) >= 11 is 0. The normalized spacial score (nSPS) is 53.8. The molecule has 124 valence electrons. The number of hydrogen-bond acceptors (Lipinski definition) is 4. The molecule has 4 unspecified atom stereocenters. The Balaban J connectivity index is 1.43. The molecule has 5 aliphatic carbocycles. The van der Waals surface area contributed by atoms with Crippen LogP contribution in [0.15, 0.2) is 0 Å². The minimum Gasteiger partial charge on any atom is -0.390 e. The van der Waals surface area contributed by atoms with Crippen LogP contribution >= 0.6 is 0 Å². The first-order valence-corrected chi connectivity index (χ1v) is 9.13. The molecule has 6 aliphatic rings. The van der Waals surface area contributed by atoms with Crippen LogP contribution in [-0.4, -0.2) is 39.6 Å². The van der Waals surface area contributed by atoms with Gasteiger partial charge in [-0.15, -0.1) is 0 Å². The first-order valence-electron chi connectivity index (χ1n) is 9.13. The number of fused-ring (bicyclic) bond motifs is 1. The lowest BCUT2D eigenvalue weighted by Gasteiger charge is -2.61. The topological polar surface area (TPSA) is 90.4 Å².